The molecule has 1 atom stereocenters. The Morgan fingerprint density at radius 2 is 2.27 bits per heavy atom. The highest BCUT2D eigenvalue weighted by Gasteiger charge is 2.40. The summed E-state index contributed by atoms with van der Waals surface area (Å²) in [7, 11) is 0. The highest BCUT2D eigenvalue weighted by molar-refractivity contribution is 6.29. The molecule has 6 nitrogen and oxygen atoms in total. The van der Waals surface area contributed by atoms with Gasteiger partial charge in [0.05, 0.1) is 23.6 Å². The summed E-state index contributed by atoms with van der Waals surface area (Å²) >= 11 is 6.02. The van der Waals surface area contributed by atoms with Gasteiger partial charge in [-0.2, -0.15) is 0 Å². The number of nitrogens with one attached hydrogen (secondary N) is 1. The number of anilines is 3. The molecule has 1 fully saturated rings. The molecule has 7 heteroatoms. The van der Waals surface area contributed by atoms with Crippen molar-refractivity contribution in [3.63, 3.8) is 0 Å². The maximum Gasteiger partial charge on any atom is 0.327 e. The van der Waals surface area contributed by atoms with E-state index < -0.39 is 0 Å². The fourth-order valence-electron chi connectivity index (χ4n) is 3.07. The summed E-state index contributed by atoms with van der Waals surface area (Å²) in [4.78, 5) is 25.1. The van der Waals surface area contributed by atoms with Gasteiger partial charge in [0.2, 0.25) is 0 Å². The lowest BCUT2D eigenvalue weighted by Gasteiger charge is -2.35. The number of hydrogen-bond acceptors (Lipinski definition) is 4. The van der Waals surface area contributed by atoms with Crippen molar-refractivity contribution in [2.75, 3.05) is 28.2 Å². The van der Waals surface area contributed by atoms with Crippen molar-refractivity contribution < 1.29 is 4.79 Å². The lowest BCUT2D eigenvalue weighted by molar-refractivity contribution is 0.255. The van der Waals surface area contributed by atoms with Crippen molar-refractivity contribution in [1.82, 2.24) is 9.97 Å². The number of pyridine rings is 2. The third-order valence-electron chi connectivity index (χ3n) is 4.05. The molecule has 1 unspecified atom stereocenters. The maximum atomic E-state index is 12.7. The van der Waals surface area contributed by atoms with E-state index in [1.165, 1.54) is 0 Å². The average Bonchev–Trinajstić information content (AvgIpc) is 2.93. The summed E-state index contributed by atoms with van der Waals surface area (Å²) in [5, 5.41) is 3.27. The van der Waals surface area contributed by atoms with Gasteiger partial charge >= 0.3 is 6.03 Å². The van der Waals surface area contributed by atoms with Crippen LogP contribution in [0.1, 0.15) is 6.42 Å². The Morgan fingerprint density at radius 3 is 3.09 bits per heavy atom. The third kappa shape index (κ3) is 2.16. The lowest BCUT2D eigenvalue weighted by atomic mass is 10.2. The maximum absolute atomic E-state index is 12.7. The molecule has 112 valence electrons. The van der Waals surface area contributed by atoms with Crippen molar-refractivity contribution >= 4 is 34.8 Å². The second kappa shape index (κ2) is 5.14. The van der Waals surface area contributed by atoms with E-state index >= 15 is 0 Å². The molecule has 2 aromatic rings. The van der Waals surface area contributed by atoms with Gasteiger partial charge in [-0.15, -0.1) is 0 Å². The monoisotopic (exact) mass is 315 g/mol. The first-order valence-electron chi connectivity index (χ1n) is 7.14. The molecule has 0 saturated carbocycles. The zero-order valence-corrected chi connectivity index (χ0v) is 12.5. The number of fused-ring (bicyclic) bond motifs is 4. The quantitative estimate of drug-likeness (QED) is 0.822. The molecule has 0 aromatic carbocycles. The van der Waals surface area contributed by atoms with Crippen LogP contribution in [-0.4, -0.2) is 35.1 Å². The number of aromatic nitrogens is 2. The molecule has 2 aliphatic heterocycles. The van der Waals surface area contributed by atoms with E-state index in [9.17, 15) is 4.79 Å². The number of rotatable bonds is 1. The minimum atomic E-state index is -0.199. The topological polar surface area (TPSA) is 61.4 Å². The van der Waals surface area contributed by atoms with Crippen LogP contribution < -0.4 is 15.1 Å². The Kier molecular flexibility index (Phi) is 3.11. The normalized spacial score (nSPS) is 19.0. The smallest absolute Gasteiger partial charge is 0.327 e. The number of urea groups is 1. The molecular weight excluding hydrogens is 302 g/mol. The molecule has 2 amide bonds. The van der Waals surface area contributed by atoms with Crippen LogP contribution in [0.4, 0.5) is 22.0 Å². The van der Waals surface area contributed by atoms with Crippen LogP contribution in [0, 0.1) is 0 Å². The summed E-state index contributed by atoms with van der Waals surface area (Å²) in [6.07, 6.45) is 4.21. The van der Waals surface area contributed by atoms with E-state index in [0.717, 1.165) is 25.2 Å². The Labute approximate surface area is 132 Å². The van der Waals surface area contributed by atoms with Crippen molar-refractivity contribution in [3.8, 4) is 0 Å². The second-order valence-corrected chi connectivity index (χ2v) is 5.79. The number of halogens is 1. The van der Waals surface area contributed by atoms with Crippen LogP contribution in [0.15, 0.2) is 36.7 Å². The number of hydrogen-bond donors (Lipinski definition) is 1. The molecule has 22 heavy (non-hydrogen) atoms. The van der Waals surface area contributed by atoms with Gasteiger partial charge in [-0.25, -0.2) is 9.78 Å². The Balaban J connectivity index is 1.69. The zero-order chi connectivity index (χ0) is 15.1. The minimum Gasteiger partial charge on any atom is -0.366 e. The molecule has 0 aliphatic carbocycles. The highest BCUT2D eigenvalue weighted by Crippen LogP contribution is 2.39. The van der Waals surface area contributed by atoms with Crippen LogP contribution in [0.3, 0.4) is 0 Å². The van der Waals surface area contributed by atoms with Gasteiger partial charge in [0.15, 0.2) is 5.82 Å². The largest absolute Gasteiger partial charge is 0.366 e. The highest BCUT2D eigenvalue weighted by atomic mass is 35.5. The van der Waals surface area contributed by atoms with E-state index in [1.54, 1.807) is 29.4 Å². The fourth-order valence-corrected chi connectivity index (χ4v) is 3.21. The average molecular weight is 316 g/mol. The molecule has 1 N–H and O–H groups in total. The SMILES string of the molecule is O=C(Nc1cccnc1)N1c2nc(Cl)ccc2N2CCC1C2. The Morgan fingerprint density at radius 1 is 1.36 bits per heavy atom. The van der Waals surface area contributed by atoms with Crippen molar-refractivity contribution in [3.05, 3.63) is 41.8 Å². The van der Waals surface area contributed by atoms with Crippen LogP contribution >= 0.6 is 11.6 Å². The van der Waals surface area contributed by atoms with Crippen molar-refractivity contribution in [2.24, 2.45) is 0 Å². The summed E-state index contributed by atoms with van der Waals surface area (Å²) in [6, 6.07) is 7.20. The number of carbonyl (C=O) groups is 1. The number of amides is 2. The molecule has 0 spiro atoms. The van der Waals surface area contributed by atoms with Gasteiger partial charge < -0.3 is 10.2 Å². The molecule has 2 bridgehead atoms. The number of carbonyl (C=O) groups excluding carboxylic acids is 1. The molecular formula is C15H14ClN5O. The van der Waals surface area contributed by atoms with Gasteiger partial charge in [0, 0.05) is 19.3 Å². The number of nitrogens with zero attached hydrogens (tertiary/aromatic N) is 4. The Bertz CT molecular complexity index is 723. The molecule has 0 radical (unpaired) electrons. The van der Waals surface area contributed by atoms with Gasteiger partial charge in [-0.3, -0.25) is 9.88 Å². The fraction of sp³-hybridized carbons (Fsp3) is 0.267. The standard InChI is InChI=1S/C15H14ClN5O/c16-13-4-3-12-14(19-13)21(11-5-7-20(12)9-11)15(22)18-10-2-1-6-17-8-10/h1-4,6,8,11H,5,7,9H2,(H,18,22). The summed E-state index contributed by atoms with van der Waals surface area (Å²) in [5.41, 5.74) is 1.62. The van der Waals surface area contributed by atoms with E-state index in [1.807, 2.05) is 12.1 Å². The Hall–Kier alpha value is -2.34. The molecule has 2 aliphatic rings. The first-order chi connectivity index (χ1) is 10.7. The summed E-state index contributed by atoms with van der Waals surface area (Å²) in [6.45, 7) is 1.76. The predicted octanol–water partition coefficient (Wildman–Crippen LogP) is 2.76. The predicted molar refractivity (Wildman–Crippen MR) is 85.6 cm³/mol. The van der Waals surface area contributed by atoms with Gasteiger partial charge in [-0.1, -0.05) is 11.6 Å². The van der Waals surface area contributed by atoms with Gasteiger partial charge in [-0.05, 0) is 30.7 Å². The first kappa shape index (κ1) is 13.3. The molecule has 4 heterocycles. The van der Waals surface area contributed by atoms with Gasteiger partial charge in [0.25, 0.3) is 0 Å². The van der Waals surface area contributed by atoms with Crippen LogP contribution in [0.5, 0.6) is 0 Å². The third-order valence-corrected chi connectivity index (χ3v) is 4.26. The first-order valence-corrected chi connectivity index (χ1v) is 7.52. The summed E-state index contributed by atoms with van der Waals surface area (Å²) in [5.74, 6) is 0.627. The molecule has 2 aromatic heterocycles. The second-order valence-electron chi connectivity index (χ2n) is 5.41. The van der Waals surface area contributed by atoms with Gasteiger partial charge in [0.1, 0.15) is 5.15 Å². The van der Waals surface area contributed by atoms with Crippen molar-refractivity contribution in [2.45, 2.75) is 12.5 Å². The zero-order valence-electron chi connectivity index (χ0n) is 11.7. The van der Waals surface area contributed by atoms with E-state index in [4.69, 9.17) is 11.6 Å². The van der Waals surface area contributed by atoms with Crippen LogP contribution in [-0.2, 0) is 0 Å². The van der Waals surface area contributed by atoms with Crippen LogP contribution in [0.2, 0.25) is 5.15 Å². The lowest BCUT2D eigenvalue weighted by Crippen LogP contribution is -2.48. The molecule has 1 saturated heterocycles. The van der Waals surface area contributed by atoms with E-state index in [0.29, 0.717) is 16.7 Å². The van der Waals surface area contributed by atoms with E-state index in [-0.39, 0.29) is 12.1 Å². The van der Waals surface area contributed by atoms with Crippen LogP contribution in [0.25, 0.3) is 0 Å². The van der Waals surface area contributed by atoms with E-state index in [2.05, 4.69) is 20.2 Å². The minimum absolute atomic E-state index is 0.120. The molecule has 4 rings (SSSR count). The van der Waals surface area contributed by atoms with Crippen molar-refractivity contribution in [1.29, 1.82) is 0 Å². The summed E-state index contributed by atoms with van der Waals surface area (Å²) < 4.78 is 0.